The molecule has 1 fully saturated rings. The van der Waals surface area contributed by atoms with E-state index in [0.29, 0.717) is 38.0 Å². The van der Waals surface area contributed by atoms with Crippen molar-refractivity contribution in [1.29, 1.82) is 0 Å². The molecule has 8 heteroatoms. The summed E-state index contributed by atoms with van der Waals surface area (Å²) in [6, 6.07) is -0.250. The van der Waals surface area contributed by atoms with E-state index in [-0.39, 0.29) is 18.1 Å². The highest BCUT2D eigenvalue weighted by Gasteiger charge is 2.31. The third-order valence-corrected chi connectivity index (χ3v) is 3.96. The summed E-state index contributed by atoms with van der Waals surface area (Å²) in [6.45, 7) is 2.48. The van der Waals surface area contributed by atoms with E-state index in [1.54, 1.807) is 0 Å². The minimum atomic E-state index is -4.53. The Bertz CT molecular complexity index is 407. The molecule has 1 N–H and O–H groups in total. The van der Waals surface area contributed by atoms with Gasteiger partial charge in [0.1, 0.15) is 6.10 Å². The molecule has 5 nitrogen and oxygen atoms in total. The van der Waals surface area contributed by atoms with Crippen LogP contribution in [0.2, 0.25) is 0 Å². The molecule has 24 heavy (non-hydrogen) atoms. The predicted molar refractivity (Wildman–Crippen MR) is 81.4 cm³/mol. The van der Waals surface area contributed by atoms with Crippen LogP contribution >= 0.6 is 0 Å². The molecule has 0 heterocycles. The van der Waals surface area contributed by atoms with E-state index in [4.69, 9.17) is 4.74 Å². The summed E-state index contributed by atoms with van der Waals surface area (Å²) in [4.78, 5) is 23.1. The lowest BCUT2D eigenvalue weighted by atomic mass is 9.93. The number of alkyl halides is 3. The molecule has 0 aromatic carbocycles. The highest BCUT2D eigenvalue weighted by Crippen LogP contribution is 2.23. The number of esters is 1. The SMILES string of the molecule is CCCC(C)CC(=O)OC1CCC(NC(=O)OCC(F)(F)F)CC1. The number of rotatable bonds is 7. The Labute approximate surface area is 140 Å². The molecule has 1 rings (SSSR count). The lowest BCUT2D eigenvalue weighted by molar-refractivity contribution is -0.160. The number of halogens is 3. The Kier molecular flexibility index (Phi) is 8.35. The second-order valence-electron chi connectivity index (χ2n) is 6.40. The number of amides is 1. The van der Waals surface area contributed by atoms with E-state index < -0.39 is 18.9 Å². The topological polar surface area (TPSA) is 64.6 Å². The summed E-state index contributed by atoms with van der Waals surface area (Å²) in [7, 11) is 0. The molecule has 1 atom stereocenters. The number of nitrogens with one attached hydrogen (secondary N) is 1. The molecule has 0 spiro atoms. The van der Waals surface area contributed by atoms with Crippen LogP contribution in [0, 0.1) is 5.92 Å². The van der Waals surface area contributed by atoms with Gasteiger partial charge in [0.25, 0.3) is 0 Å². The van der Waals surface area contributed by atoms with Gasteiger partial charge >= 0.3 is 18.2 Å². The Morgan fingerprint density at radius 3 is 2.38 bits per heavy atom. The van der Waals surface area contributed by atoms with Crippen LogP contribution in [0.1, 0.15) is 58.8 Å². The van der Waals surface area contributed by atoms with Crippen LogP contribution in [0.15, 0.2) is 0 Å². The van der Waals surface area contributed by atoms with Gasteiger partial charge in [-0.25, -0.2) is 4.79 Å². The van der Waals surface area contributed by atoms with Gasteiger partial charge in [0, 0.05) is 12.5 Å². The Hall–Kier alpha value is -1.47. The van der Waals surface area contributed by atoms with Crippen molar-refractivity contribution < 1.29 is 32.2 Å². The van der Waals surface area contributed by atoms with Crippen LogP contribution in [0.4, 0.5) is 18.0 Å². The van der Waals surface area contributed by atoms with E-state index >= 15 is 0 Å². The fourth-order valence-corrected chi connectivity index (χ4v) is 2.79. The third-order valence-electron chi connectivity index (χ3n) is 3.96. The van der Waals surface area contributed by atoms with Crippen LogP contribution in [-0.2, 0) is 14.3 Å². The molecule has 0 aliphatic heterocycles. The molecule has 0 saturated heterocycles. The number of hydrogen-bond donors (Lipinski definition) is 1. The van der Waals surface area contributed by atoms with Crippen LogP contribution in [-0.4, -0.2) is 37.0 Å². The standard InChI is InChI=1S/C16H26F3NO4/c1-3-4-11(2)9-14(21)24-13-7-5-12(6-8-13)20-15(22)23-10-16(17,18)19/h11-13H,3-10H2,1-2H3,(H,20,22). The quantitative estimate of drug-likeness (QED) is 0.704. The van der Waals surface area contributed by atoms with Gasteiger partial charge in [-0.15, -0.1) is 0 Å². The second kappa shape index (κ2) is 9.74. The minimum Gasteiger partial charge on any atom is -0.462 e. The zero-order valence-corrected chi connectivity index (χ0v) is 14.2. The smallest absolute Gasteiger partial charge is 0.422 e. The molecular weight excluding hydrogens is 327 g/mol. The zero-order chi connectivity index (χ0) is 18.2. The average molecular weight is 353 g/mol. The Balaban J connectivity index is 2.22. The van der Waals surface area contributed by atoms with Crippen LogP contribution in [0.3, 0.4) is 0 Å². The molecule has 1 aliphatic carbocycles. The van der Waals surface area contributed by atoms with E-state index in [0.717, 1.165) is 12.8 Å². The molecule has 140 valence electrons. The molecule has 0 aromatic rings. The number of ether oxygens (including phenoxy) is 2. The monoisotopic (exact) mass is 353 g/mol. The van der Waals surface area contributed by atoms with Gasteiger partial charge in [-0.2, -0.15) is 13.2 Å². The predicted octanol–water partition coefficient (Wildman–Crippen LogP) is 3.96. The van der Waals surface area contributed by atoms with Crippen molar-refractivity contribution >= 4 is 12.1 Å². The number of alkyl carbamates (subject to hydrolysis) is 1. The highest BCUT2D eigenvalue weighted by atomic mass is 19.4. The normalized spacial score (nSPS) is 22.5. The van der Waals surface area contributed by atoms with Gasteiger partial charge in [0.05, 0.1) is 0 Å². The van der Waals surface area contributed by atoms with Crippen molar-refractivity contribution in [1.82, 2.24) is 5.32 Å². The third kappa shape index (κ3) is 8.98. The Morgan fingerprint density at radius 1 is 1.21 bits per heavy atom. The maximum absolute atomic E-state index is 12.0. The fraction of sp³-hybridized carbons (Fsp3) is 0.875. The number of carbonyl (C=O) groups excluding carboxylic acids is 2. The summed E-state index contributed by atoms with van der Waals surface area (Å²) in [5.74, 6) is 0.0841. The Morgan fingerprint density at radius 2 is 1.83 bits per heavy atom. The van der Waals surface area contributed by atoms with Crippen LogP contribution in [0.5, 0.6) is 0 Å². The highest BCUT2D eigenvalue weighted by molar-refractivity contribution is 5.70. The van der Waals surface area contributed by atoms with Crippen molar-refractivity contribution in [2.75, 3.05) is 6.61 Å². The summed E-state index contributed by atoms with van der Waals surface area (Å²) in [5, 5.41) is 2.41. The summed E-state index contributed by atoms with van der Waals surface area (Å²) < 4.78 is 45.4. The first-order valence-corrected chi connectivity index (χ1v) is 8.39. The molecule has 0 aromatic heterocycles. The second-order valence-corrected chi connectivity index (χ2v) is 6.40. The van der Waals surface area contributed by atoms with Gasteiger partial charge in [-0.1, -0.05) is 26.7 Å². The van der Waals surface area contributed by atoms with Crippen molar-refractivity contribution in [2.24, 2.45) is 5.92 Å². The minimum absolute atomic E-state index is 0.185. The molecule has 1 amide bonds. The molecule has 0 bridgehead atoms. The number of hydrogen-bond acceptors (Lipinski definition) is 4. The van der Waals surface area contributed by atoms with Crippen LogP contribution < -0.4 is 5.32 Å². The first kappa shape index (κ1) is 20.6. The van der Waals surface area contributed by atoms with E-state index in [9.17, 15) is 22.8 Å². The molecular formula is C16H26F3NO4. The van der Waals surface area contributed by atoms with Crippen molar-refractivity contribution in [3.05, 3.63) is 0 Å². The summed E-state index contributed by atoms with van der Waals surface area (Å²) in [5.41, 5.74) is 0. The molecule has 0 radical (unpaired) electrons. The van der Waals surface area contributed by atoms with E-state index in [2.05, 4.69) is 17.0 Å². The summed E-state index contributed by atoms with van der Waals surface area (Å²) >= 11 is 0. The average Bonchev–Trinajstić information content (AvgIpc) is 2.46. The van der Waals surface area contributed by atoms with E-state index in [1.165, 1.54) is 0 Å². The molecule has 1 saturated carbocycles. The zero-order valence-electron chi connectivity index (χ0n) is 14.2. The largest absolute Gasteiger partial charge is 0.462 e. The van der Waals surface area contributed by atoms with Crippen molar-refractivity contribution in [3.63, 3.8) is 0 Å². The van der Waals surface area contributed by atoms with Gasteiger partial charge in [0.15, 0.2) is 6.61 Å². The van der Waals surface area contributed by atoms with Crippen molar-refractivity contribution in [3.8, 4) is 0 Å². The van der Waals surface area contributed by atoms with E-state index in [1.807, 2.05) is 6.92 Å². The maximum Gasteiger partial charge on any atom is 0.422 e. The summed E-state index contributed by atoms with van der Waals surface area (Å²) in [6.07, 6.45) is -1.13. The first-order valence-electron chi connectivity index (χ1n) is 8.39. The van der Waals surface area contributed by atoms with Gasteiger partial charge in [0.2, 0.25) is 0 Å². The number of carbonyl (C=O) groups is 2. The molecule has 1 unspecified atom stereocenters. The molecule has 1 aliphatic rings. The lowest BCUT2D eigenvalue weighted by Gasteiger charge is -2.29. The van der Waals surface area contributed by atoms with Gasteiger partial charge < -0.3 is 14.8 Å². The van der Waals surface area contributed by atoms with Gasteiger partial charge in [-0.3, -0.25) is 4.79 Å². The lowest BCUT2D eigenvalue weighted by Crippen LogP contribution is -2.40. The fourth-order valence-electron chi connectivity index (χ4n) is 2.79. The van der Waals surface area contributed by atoms with Crippen LogP contribution in [0.25, 0.3) is 0 Å². The van der Waals surface area contributed by atoms with Gasteiger partial charge in [-0.05, 0) is 31.6 Å². The van der Waals surface area contributed by atoms with Crippen molar-refractivity contribution in [2.45, 2.75) is 77.1 Å². The maximum atomic E-state index is 12.0. The first-order chi connectivity index (χ1) is 11.2.